The van der Waals surface area contributed by atoms with E-state index in [4.69, 9.17) is 9.57 Å². The van der Waals surface area contributed by atoms with Gasteiger partial charge in [0.2, 0.25) is 0 Å². The van der Waals surface area contributed by atoms with Gasteiger partial charge in [-0.2, -0.15) is 0 Å². The van der Waals surface area contributed by atoms with Crippen molar-refractivity contribution < 1.29 is 14.4 Å². The SMILES string of the molecule is COc1ccccc1C=NOC(=O)NC1CCCCC1. The van der Waals surface area contributed by atoms with Gasteiger partial charge >= 0.3 is 6.09 Å². The molecule has 2 rings (SSSR count). The fourth-order valence-electron chi connectivity index (χ4n) is 2.34. The Labute approximate surface area is 118 Å². The predicted molar refractivity (Wildman–Crippen MR) is 77.1 cm³/mol. The molecule has 0 aromatic heterocycles. The lowest BCUT2D eigenvalue weighted by atomic mass is 9.96. The monoisotopic (exact) mass is 276 g/mol. The van der Waals surface area contributed by atoms with Crippen molar-refractivity contribution in [2.75, 3.05) is 7.11 Å². The number of benzene rings is 1. The Balaban J connectivity index is 1.81. The molecule has 1 aliphatic carbocycles. The molecule has 0 unspecified atom stereocenters. The number of hydrogen-bond acceptors (Lipinski definition) is 4. The standard InChI is InChI=1S/C15H20N2O3/c1-19-14-10-6-5-7-12(14)11-16-20-15(18)17-13-8-3-2-4-9-13/h5-7,10-11,13H,2-4,8-9H2,1H3,(H,17,18). The van der Waals surface area contributed by atoms with Crippen molar-refractivity contribution in [3.05, 3.63) is 29.8 Å². The second-order valence-corrected chi connectivity index (χ2v) is 4.83. The number of ether oxygens (including phenoxy) is 1. The number of nitrogens with one attached hydrogen (secondary N) is 1. The van der Waals surface area contributed by atoms with Crippen molar-refractivity contribution in [2.45, 2.75) is 38.1 Å². The van der Waals surface area contributed by atoms with Crippen LogP contribution < -0.4 is 10.1 Å². The lowest BCUT2D eigenvalue weighted by molar-refractivity contribution is 0.144. The summed E-state index contributed by atoms with van der Waals surface area (Å²) in [5.74, 6) is 0.688. The van der Waals surface area contributed by atoms with Crippen LogP contribution in [-0.2, 0) is 4.84 Å². The number of oxime groups is 1. The molecule has 0 spiro atoms. The first-order chi connectivity index (χ1) is 9.79. The number of nitrogens with zero attached hydrogens (tertiary/aromatic N) is 1. The molecule has 1 aromatic rings. The molecule has 1 N–H and O–H groups in total. The van der Waals surface area contributed by atoms with Crippen LogP contribution in [0.1, 0.15) is 37.7 Å². The molecule has 1 amide bonds. The van der Waals surface area contributed by atoms with E-state index in [0.29, 0.717) is 5.75 Å². The van der Waals surface area contributed by atoms with Gasteiger partial charge in [-0.05, 0) is 25.0 Å². The van der Waals surface area contributed by atoms with Crippen molar-refractivity contribution >= 4 is 12.3 Å². The Bertz CT molecular complexity index is 468. The molecule has 108 valence electrons. The fourth-order valence-corrected chi connectivity index (χ4v) is 2.34. The van der Waals surface area contributed by atoms with Crippen molar-refractivity contribution in [3.8, 4) is 5.75 Å². The summed E-state index contributed by atoms with van der Waals surface area (Å²) in [7, 11) is 1.59. The van der Waals surface area contributed by atoms with Gasteiger partial charge in [-0.25, -0.2) is 4.79 Å². The zero-order valence-electron chi connectivity index (χ0n) is 11.7. The van der Waals surface area contributed by atoms with Crippen LogP contribution in [0.15, 0.2) is 29.4 Å². The molecule has 1 fully saturated rings. The molecule has 5 heteroatoms. The summed E-state index contributed by atoms with van der Waals surface area (Å²) in [6.45, 7) is 0. The van der Waals surface area contributed by atoms with Gasteiger partial charge in [0.25, 0.3) is 0 Å². The summed E-state index contributed by atoms with van der Waals surface area (Å²) in [6, 6.07) is 7.62. The summed E-state index contributed by atoms with van der Waals surface area (Å²) < 4.78 is 5.18. The molecule has 5 nitrogen and oxygen atoms in total. The summed E-state index contributed by atoms with van der Waals surface area (Å²) in [5, 5.41) is 6.53. The van der Waals surface area contributed by atoms with Gasteiger partial charge in [-0.1, -0.05) is 36.6 Å². The first kappa shape index (κ1) is 14.4. The molecular weight excluding hydrogens is 256 g/mol. The Morgan fingerprint density at radius 3 is 2.80 bits per heavy atom. The van der Waals surface area contributed by atoms with Gasteiger partial charge in [0.05, 0.1) is 13.3 Å². The van der Waals surface area contributed by atoms with Crippen LogP contribution in [0.3, 0.4) is 0 Å². The highest BCUT2D eigenvalue weighted by Gasteiger charge is 2.16. The molecular formula is C15H20N2O3. The van der Waals surface area contributed by atoms with Gasteiger partial charge in [0.15, 0.2) is 0 Å². The smallest absolute Gasteiger partial charge is 0.433 e. The number of carbonyl (C=O) groups is 1. The van der Waals surface area contributed by atoms with Crippen LogP contribution in [0.5, 0.6) is 5.75 Å². The summed E-state index contributed by atoms with van der Waals surface area (Å²) in [4.78, 5) is 16.4. The highest BCUT2D eigenvalue weighted by atomic mass is 16.7. The molecule has 0 atom stereocenters. The number of hydrogen-bond donors (Lipinski definition) is 1. The van der Waals surface area contributed by atoms with E-state index in [1.165, 1.54) is 12.6 Å². The highest BCUT2D eigenvalue weighted by molar-refractivity contribution is 5.83. The van der Waals surface area contributed by atoms with Crippen molar-refractivity contribution in [1.29, 1.82) is 0 Å². The average Bonchev–Trinajstić information content (AvgIpc) is 2.49. The van der Waals surface area contributed by atoms with E-state index in [1.54, 1.807) is 7.11 Å². The van der Waals surface area contributed by atoms with Gasteiger partial charge in [0.1, 0.15) is 5.75 Å². The normalized spacial score (nSPS) is 16.1. The second-order valence-electron chi connectivity index (χ2n) is 4.83. The van der Waals surface area contributed by atoms with E-state index in [2.05, 4.69) is 10.5 Å². The second kappa shape index (κ2) is 7.53. The predicted octanol–water partition coefficient (Wildman–Crippen LogP) is 3.09. The average molecular weight is 276 g/mol. The van der Waals surface area contributed by atoms with Crippen LogP contribution in [-0.4, -0.2) is 25.5 Å². The zero-order valence-corrected chi connectivity index (χ0v) is 11.7. The van der Waals surface area contributed by atoms with Crippen LogP contribution in [0.2, 0.25) is 0 Å². The van der Waals surface area contributed by atoms with Gasteiger partial charge in [0, 0.05) is 11.6 Å². The Hall–Kier alpha value is -2.04. The molecule has 1 saturated carbocycles. The summed E-state index contributed by atoms with van der Waals surface area (Å²) in [6.07, 6.45) is 6.59. The zero-order chi connectivity index (χ0) is 14.2. The maximum absolute atomic E-state index is 11.6. The summed E-state index contributed by atoms with van der Waals surface area (Å²) >= 11 is 0. The molecule has 0 aliphatic heterocycles. The van der Waals surface area contributed by atoms with Gasteiger partial charge in [-0.15, -0.1) is 0 Å². The quantitative estimate of drug-likeness (QED) is 0.522. The van der Waals surface area contributed by atoms with Gasteiger partial charge < -0.3 is 10.1 Å². The molecule has 20 heavy (non-hydrogen) atoms. The molecule has 1 aliphatic rings. The van der Waals surface area contributed by atoms with E-state index < -0.39 is 6.09 Å². The first-order valence-electron chi connectivity index (χ1n) is 6.93. The maximum Gasteiger partial charge on any atom is 0.433 e. The molecule has 0 radical (unpaired) electrons. The van der Waals surface area contributed by atoms with Crippen LogP contribution in [0.4, 0.5) is 4.79 Å². The Kier molecular flexibility index (Phi) is 5.41. The van der Waals surface area contributed by atoms with Crippen molar-refractivity contribution in [2.24, 2.45) is 5.16 Å². The molecule has 0 bridgehead atoms. The molecule has 0 heterocycles. The molecule has 0 saturated heterocycles. The largest absolute Gasteiger partial charge is 0.496 e. The van der Waals surface area contributed by atoms with Crippen molar-refractivity contribution in [3.63, 3.8) is 0 Å². The van der Waals surface area contributed by atoms with Crippen LogP contribution >= 0.6 is 0 Å². The fraction of sp³-hybridized carbons (Fsp3) is 0.467. The highest BCUT2D eigenvalue weighted by Crippen LogP contribution is 2.17. The number of carbonyl (C=O) groups excluding carboxylic acids is 1. The van der Waals surface area contributed by atoms with Crippen molar-refractivity contribution in [1.82, 2.24) is 5.32 Å². The Morgan fingerprint density at radius 2 is 2.05 bits per heavy atom. The summed E-state index contributed by atoms with van der Waals surface area (Å²) in [5.41, 5.74) is 0.764. The third-order valence-corrected chi connectivity index (χ3v) is 3.39. The van der Waals surface area contributed by atoms with E-state index in [1.807, 2.05) is 24.3 Å². The Morgan fingerprint density at radius 1 is 1.30 bits per heavy atom. The van der Waals surface area contributed by atoms with Crippen LogP contribution in [0, 0.1) is 0 Å². The number of para-hydroxylation sites is 1. The third kappa shape index (κ3) is 4.26. The van der Waals surface area contributed by atoms with E-state index >= 15 is 0 Å². The number of amides is 1. The topological polar surface area (TPSA) is 59.9 Å². The number of rotatable bonds is 4. The molecule has 1 aromatic carbocycles. The van der Waals surface area contributed by atoms with Crippen LogP contribution in [0.25, 0.3) is 0 Å². The minimum absolute atomic E-state index is 0.220. The first-order valence-corrected chi connectivity index (χ1v) is 6.93. The lowest BCUT2D eigenvalue weighted by Crippen LogP contribution is -2.35. The van der Waals surface area contributed by atoms with Gasteiger partial charge in [-0.3, -0.25) is 4.84 Å². The number of methoxy groups -OCH3 is 1. The lowest BCUT2D eigenvalue weighted by Gasteiger charge is -2.21. The van der Waals surface area contributed by atoms with E-state index in [0.717, 1.165) is 31.2 Å². The van der Waals surface area contributed by atoms with E-state index in [9.17, 15) is 4.79 Å². The van der Waals surface area contributed by atoms with E-state index in [-0.39, 0.29) is 6.04 Å². The minimum Gasteiger partial charge on any atom is -0.496 e. The minimum atomic E-state index is -0.497. The maximum atomic E-state index is 11.6. The third-order valence-electron chi connectivity index (χ3n) is 3.39.